The quantitative estimate of drug-likeness (QED) is 0.892. The van der Waals surface area contributed by atoms with Crippen LogP contribution in [0.25, 0.3) is 5.65 Å². The van der Waals surface area contributed by atoms with Crippen molar-refractivity contribution in [1.82, 2.24) is 19.9 Å². The topological polar surface area (TPSA) is 68.5 Å². The van der Waals surface area contributed by atoms with Gasteiger partial charge >= 0.3 is 0 Å². The molecular weight excluding hydrogens is 256 g/mol. The van der Waals surface area contributed by atoms with Crippen molar-refractivity contribution in [2.75, 3.05) is 6.61 Å². The molecule has 6 heteroatoms. The molecule has 0 atom stereocenters. The van der Waals surface area contributed by atoms with Gasteiger partial charge in [-0.05, 0) is 25.0 Å². The van der Waals surface area contributed by atoms with Crippen LogP contribution in [-0.2, 0) is 16.1 Å². The second-order valence-corrected chi connectivity index (χ2v) is 5.04. The molecule has 1 saturated carbocycles. The molecule has 0 spiro atoms. The van der Waals surface area contributed by atoms with Gasteiger partial charge in [0, 0.05) is 6.20 Å². The molecule has 0 radical (unpaired) electrons. The summed E-state index contributed by atoms with van der Waals surface area (Å²) in [5.74, 6) is 0.611. The Morgan fingerprint density at radius 2 is 2.20 bits per heavy atom. The molecule has 0 aliphatic heterocycles. The number of fused-ring (bicyclic) bond motifs is 1. The zero-order valence-electron chi connectivity index (χ0n) is 11.3. The minimum atomic E-state index is -0.107. The smallest absolute Gasteiger partial charge is 0.246 e. The van der Waals surface area contributed by atoms with Crippen LogP contribution in [0.3, 0.4) is 0 Å². The van der Waals surface area contributed by atoms with E-state index in [-0.39, 0.29) is 18.6 Å². The normalized spacial score (nSPS) is 15.8. The first kappa shape index (κ1) is 13.1. The summed E-state index contributed by atoms with van der Waals surface area (Å²) in [6, 6.07) is 5.69. The van der Waals surface area contributed by atoms with Crippen LogP contribution in [0.1, 0.15) is 31.5 Å². The number of rotatable bonds is 5. The number of carbonyl (C=O) groups is 1. The molecule has 0 unspecified atom stereocenters. The van der Waals surface area contributed by atoms with Gasteiger partial charge in [-0.1, -0.05) is 18.9 Å². The average Bonchev–Trinajstić information content (AvgIpc) is 3.12. The number of hydrogen-bond donors (Lipinski definition) is 1. The minimum absolute atomic E-state index is 0.107. The van der Waals surface area contributed by atoms with Crippen LogP contribution < -0.4 is 5.32 Å². The molecule has 1 amide bonds. The molecule has 2 aromatic heterocycles. The van der Waals surface area contributed by atoms with Crippen LogP contribution in [0.5, 0.6) is 0 Å². The van der Waals surface area contributed by atoms with Crippen molar-refractivity contribution in [3.05, 3.63) is 30.2 Å². The minimum Gasteiger partial charge on any atom is -0.368 e. The summed E-state index contributed by atoms with van der Waals surface area (Å²) >= 11 is 0. The summed E-state index contributed by atoms with van der Waals surface area (Å²) in [6.45, 7) is 0.486. The lowest BCUT2D eigenvalue weighted by Crippen LogP contribution is -2.29. The first-order valence-corrected chi connectivity index (χ1v) is 7.00. The Hall–Kier alpha value is -1.95. The van der Waals surface area contributed by atoms with Crippen molar-refractivity contribution in [2.24, 2.45) is 0 Å². The molecule has 0 saturated heterocycles. The molecule has 2 heterocycles. The zero-order chi connectivity index (χ0) is 13.8. The predicted octanol–water partition coefficient (Wildman–Crippen LogP) is 1.30. The van der Waals surface area contributed by atoms with Gasteiger partial charge in [0.1, 0.15) is 6.61 Å². The van der Waals surface area contributed by atoms with E-state index in [1.807, 2.05) is 28.8 Å². The highest BCUT2D eigenvalue weighted by molar-refractivity contribution is 5.77. The number of nitrogens with one attached hydrogen (secondary N) is 1. The molecule has 1 aliphatic rings. The van der Waals surface area contributed by atoms with E-state index in [1.165, 1.54) is 12.8 Å². The number of ether oxygens (including phenoxy) is 1. The Morgan fingerprint density at radius 1 is 1.35 bits per heavy atom. The Labute approximate surface area is 117 Å². The van der Waals surface area contributed by atoms with Crippen molar-refractivity contribution in [3.63, 3.8) is 0 Å². The van der Waals surface area contributed by atoms with E-state index in [0.29, 0.717) is 6.54 Å². The maximum Gasteiger partial charge on any atom is 0.246 e. The highest BCUT2D eigenvalue weighted by atomic mass is 16.5. The first-order chi connectivity index (χ1) is 9.83. The standard InChI is InChI=1S/C14H18N4O2/c19-14(10-20-11-5-1-2-6-11)15-9-13-17-16-12-7-3-4-8-18(12)13/h3-4,7-8,11H,1-2,5-6,9-10H2,(H,15,19). The van der Waals surface area contributed by atoms with E-state index in [1.54, 1.807) is 0 Å². The third kappa shape index (κ3) is 2.96. The Bertz CT molecular complexity index is 590. The first-order valence-electron chi connectivity index (χ1n) is 7.00. The lowest BCUT2D eigenvalue weighted by molar-refractivity contribution is -0.127. The molecular formula is C14H18N4O2. The summed E-state index contributed by atoms with van der Waals surface area (Å²) in [6.07, 6.45) is 6.70. The van der Waals surface area contributed by atoms with Crippen LogP contribution in [0.15, 0.2) is 24.4 Å². The van der Waals surface area contributed by atoms with Crippen molar-refractivity contribution < 1.29 is 9.53 Å². The molecule has 2 aromatic rings. The number of carbonyl (C=O) groups excluding carboxylic acids is 1. The molecule has 20 heavy (non-hydrogen) atoms. The van der Waals surface area contributed by atoms with E-state index in [2.05, 4.69) is 15.5 Å². The van der Waals surface area contributed by atoms with Crippen LogP contribution in [0.2, 0.25) is 0 Å². The molecule has 3 rings (SSSR count). The number of pyridine rings is 1. The molecule has 6 nitrogen and oxygen atoms in total. The van der Waals surface area contributed by atoms with Gasteiger partial charge in [0.15, 0.2) is 11.5 Å². The lowest BCUT2D eigenvalue weighted by atomic mass is 10.3. The monoisotopic (exact) mass is 274 g/mol. The summed E-state index contributed by atoms with van der Waals surface area (Å²) < 4.78 is 7.43. The number of nitrogens with zero attached hydrogens (tertiary/aromatic N) is 3. The van der Waals surface area contributed by atoms with Crippen LogP contribution >= 0.6 is 0 Å². The highest BCUT2D eigenvalue weighted by Crippen LogP contribution is 2.20. The Kier molecular flexibility index (Phi) is 3.92. The number of amides is 1. The largest absolute Gasteiger partial charge is 0.368 e. The fourth-order valence-corrected chi connectivity index (χ4v) is 2.49. The predicted molar refractivity (Wildman–Crippen MR) is 73.0 cm³/mol. The number of aromatic nitrogens is 3. The second-order valence-electron chi connectivity index (χ2n) is 5.04. The SMILES string of the molecule is O=C(COC1CCCC1)NCc1nnc2ccccn12. The van der Waals surface area contributed by atoms with Crippen LogP contribution in [0, 0.1) is 0 Å². The van der Waals surface area contributed by atoms with Gasteiger partial charge in [-0.25, -0.2) is 0 Å². The van der Waals surface area contributed by atoms with Crippen LogP contribution in [-0.4, -0.2) is 33.2 Å². The summed E-state index contributed by atoms with van der Waals surface area (Å²) in [4.78, 5) is 11.7. The highest BCUT2D eigenvalue weighted by Gasteiger charge is 2.16. The summed E-state index contributed by atoms with van der Waals surface area (Å²) in [5, 5.41) is 10.9. The van der Waals surface area contributed by atoms with Gasteiger partial charge < -0.3 is 10.1 Å². The van der Waals surface area contributed by atoms with E-state index < -0.39 is 0 Å². The molecule has 106 valence electrons. The van der Waals surface area contributed by atoms with Crippen molar-refractivity contribution in [2.45, 2.75) is 38.3 Å². The maximum atomic E-state index is 11.7. The van der Waals surface area contributed by atoms with E-state index in [0.717, 1.165) is 24.3 Å². The van der Waals surface area contributed by atoms with Gasteiger partial charge in [-0.15, -0.1) is 10.2 Å². The van der Waals surface area contributed by atoms with Gasteiger partial charge in [-0.2, -0.15) is 0 Å². The molecule has 1 N–H and O–H groups in total. The summed E-state index contributed by atoms with van der Waals surface area (Å²) in [7, 11) is 0. The molecule has 1 fully saturated rings. The number of hydrogen-bond acceptors (Lipinski definition) is 4. The van der Waals surface area contributed by atoms with Crippen molar-refractivity contribution in [1.29, 1.82) is 0 Å². The van der Waals surface area contributed by atoms with E-state index in [4.69, 9.17) is 4.74 Å². The van der Waals surface area contributed by atoms with Crippen LogP contribution in [0.4, 0.5) is 0 Å². The van der Waals surface area contributed by atoms with Gasteiger partial charge in [0.25, 0.3) is 0 Å². The average molecular weight is 274 g/mol. The maximum absolute atomic E-state index is 11.7. The van der Waals surface area contributed by atoms with Gasteiger partial charge in [-0.3, -0.25) is 9.20 Å². The van der Waals surface area contributed by atoms with Gasteiger partial charge in [0.2, 0.25) is 5.91 Å². The second kappa shape index (κ2) is 6.00. The van der Waals surface area contributed by atoms with Crippen molar-refractivity contribution in [3.8, 4) is 0 Å². The fraction of sp³-hybridized carbons (Fsp3) is 0.500. The molecule has 0 bridgehead atoms. The zero-order valence-corrected chi connectivity index (χ0v) is 11.3. The van der Waals surface area contributed by atoms with Crippen molar-refractivity contribution >= 4 is 11.6 Å². The lowest BCUT2D eigenvalue weighted by Gasteiger charge is -2.10. The van der Waals surface area contributed by atoms with E-state index in [9.17, 15) is 4.79 Å². The molecule has 0 aromatic carbocycles. The Balaban J connectivity index is 1.49. The van der Waals surface area contributed by atoms with E-state index >= 15 is 0 Å². The Morgan fingerprint density at radius 3 is 3.05 bits per heavy atom. The third-order valence-electron chi connectivity index (χ3n) is 3.58. The van der Waals surface area contributed by atoms with Gasteiger partial charge in [0.05, 0.1) is 12.6 Å². The summed E-state index contributed by atoms with van der Waals surface area (Å²) in [5.41, 5.74) is 0.777. The third-order valence-corrected chi connectivity index (χ3v) is 3.58. The molecule has 1 aliphatic carbocycles. The fourth-order valence-electron chi connectivity index (χ4n) is 2.49.